The highest BCUT2D eigenvalue weighted by Crippen LogP contribution is 2.35. The molecule has 2 aromatic heterocycles. The molecule has 182 valence electrons. The minimum absolute atomic E-state index is 0.0406. The molecule has 10 heteroatoms. The van der Waals surface area contributed by atoms with Gasteiger partial charge in [0.2, 0.25) is 5.91 Å². The average molecular weight is 476 g/mol. The quantitative estimate of drug-likeness (QED) is 0.511. The van der Waals surface area contributed by atoms with E-state index in [2.05, 4.69) is 51.0 Å². The third-order valence-corrected chi connectivity index (χ3v) is 6.86. The van der Waals surface area contributed by atoms with Crippen molar-refractivity contribution in [3.8, 4) is 5.82 Å². The van der Waals surface area contributed by atoms with E-state index in [1.807, 2.05) is 17.0 Å². The fourth-order valence-corrected chi connectivity index (χ4v) is 4.73. The normalized spacial score (nSPS) is 16.7. The van der Waals surface area contributed by atoms with Gasteiger partial charge in [0.1, 0.15) is 18.7 Å². The molecule has 2 aliphatic heterocycles. The molecule has 1 amide bonds. The zero-order valence-corrected chi connectivity index (χ0v) is 20.1. The molecule has 1 saturated heterocycles. The van der Waals surface area contributed by atoms with Gasteiger partial charge in [0.25, 0.3) is 0 Å². The summed E-state index contributed by atoms with van der Waals surface area (Å²) in [6.45, 7) is 10.5. The number of hydrogen-bond donors (Lipinski definition) is 0. The Balaban J connectivity index is 1.15. The second kappa shape index (κ2) is 9.93. The lowest BCUT2D eigenvalue weighted by molar-refractivity contribution is -0.132. The van der Waals surface area contributed by atoms with Gasteiger partial charge in [-0.25, -0.2) is 4.98 Å². The Morgan fingerprint density at radius 2 is 2.03 bits per heavy atom. The predicted molar refractivity (Wildman–Crippen MR) is 128 cm³/mol. The van der Waals surface area contributed by atoms with Crippen LogP contribution in [0.4, 0.5) is 0 Å². The van der Waals surface area contributed by atoms with Gasteiger partial charge >= 0.3 is 0 Å². The summed E-state index contributed by atoms with van der Waals surface area (Å²) in [4.78, 5) is 21.5. The van der Waals surface area contributed by atoms with E-state index in [1.165, 1.54) is 27.7 Å². The largest absolute Gasteiger partial charge is 0.489 e. The average Bonchev–Trinajstić information content (AvgIpc) is 3.55. The maximum absolute atomic E-state index is 12.9. The van der Waals surface area contributed by atoms with Crippen molar-refractivity contribution in [2.45, 2.75) is 26.1 Å². The molecular formula is C25H29N7O3. The molecule has 1 aromatic carbocycles. The molecule has 1 atom stereocenters. The van der Waals surface area contributed by atoms with Crippen molar-refractivity contribution in [3.63, 3.8) is 0 Å². The number of rotatable bonds is 7. The smallest absolute Gasteiger partial charge is 0.227 e. The molecule has 35 heavy (non-hydrogen) atoms. The maximum atomic E-state index is 12.9. The SMILES string of the molecule is C=C1OCc2c1ccc(C(CN1CCN(C(=O)Cc3ccc(-n4cnnn4)nc3)CC1)OC)c2C. The van der Waals surface area contributed by atoms with Crippen LogP contribution in [0, 0.1) is 6.92 Å². The Kier molecular flexibility index (Phi) is 6.56. The van der Waals surface area contributed by atoms with Crippen molar-refractivity contribution < 1.29 is 14.3 Å². The second-order valence-electron chi connectivity index (χ2n) is 8.88. The van der Waals surface area contributed by atoms with Crippen LogP contribution in [0.2, 0.25) is 0 Å². The number of amides is 1. The first kappa shape index (κ1) is 23.1. The van der Waals surface area contributed by atoms with Crippen LogP contribution in [0.5, 0.6) is 0 Å². The van der Waals surface area contributed by atoms with E-state index < -0.39 is 0 Å². The monoisotopic (exact) mass is 475 g/mol. The second-order valence-corrected chi connectivity index (χ2v) is 8.88. The number of fused-ring (bicyclic) bond motifs is 1. The number of hydrogen-bond acceptors (Lipinski definition) is 8. The fourth-order valence-electron chi connectivity index (χ4n) is 4.73. The molecule has 5 rings (SSSR count). The molecule has 3 aromatic rings. The summed E-state index contributed by atoms with van der Waals surface area (Å²) in [5, 5.41) is 11.0. The summed E-state index contributed by atoms with van der Waals surface area (Å²) in [5.74, 6) is 1.46. The van der Waals surface area contributed by atoms with Crippen LogP contribution >= 0.6 is 0 Å². The first-order valence-electron chi connectivity index (χ1n) is 11.7. The summed E-state index contributed by atoms with van der Waals surface area (Å²) >= 11 is 0. The number of tetrazole rings is 1. The lowest BCUT2D eigenvalue weighted by Gasteiger charge is -2.36. The van der Waals surface area contributed by atoms with E-state index in [1.54, 1.807) is 13.3 Å². The molecule has 0 spiro atoms. The number of carbonyl (C=O) groups is 1. The molecule has 1 fully saturated rings. The molecule has 0 N–H and O–H groups in total. The van der Waals surface area contributed by atoms with Gasteiger partial charge in [0, 0.05) is 57.2 Å². The molecular weight excluding hydrogens is 446 g/mol. The van der Waals surface area contributed by atoms with Crippen molar-refractivity contribution in [2.75, 3.05) is 39.8 Å². The number of ether oxygens (including phenoxy) is 2. The predicted octanol–water partition coefficient (Wildman–Crippen LogP) is 1.94. The molecule has 4 heterocycles. The van der Waals surface area contributed by atoms with Crippen molar-refractivity contribution in [3.05, 3.63) is 71.2 Å². The van der Waals surface area contributed by atoms with E-state index in [9.17, 15) is 4.79 Å². The molecule has 0 saturated carbocycles. The van der Waals surface area contributed by atoms with Gasteiger partial charge in [-0.2, -0.15) is 4.68 Å². The van der Waals surface area contributed by atoms with Crippen LogP contribution < -0.4 is 0 Å². The van der Waals surface area contributed by atoms with Gasteiger partial charge in [0.05, 0.1) is 12.5 Å². The first-order chi connectivity index (χ1) is 17.0. The number of aromatic nitrogens is 5. The number of methoxy groups -OCH3 is 1. The standard InChI is InChI=1S/C25H29N7O3/c1-17-20(5-6-21-18(2)35-15-22(17)21)23(34-3)14-30-8-10-31(11-9-30)25(33)12-19-4-7-24(26-13-19)32-16-27-28-29-32/h4-7,13,16,23H,2,8-12,14-15H2,1,3H3. The summed E-state index contributed by atoms with van der Waals surface area (Å²) in [6.07, 6.45) is 3.47. The van der Waals surface area contributed by atoms with Crippen LogP contribution in [-0.2, 0) is 27.3 Å². The van der Waals surface area contributed by atoms with Crippen LogP contribution in [0.3, 0.4) is 0 Å². The molecule has 0 bridgehead atoms. The lowest BCUT2D eigenvalue weighted by Crippen LogP contribution is -2.50. The van der Waals surface area contributed by atoms with Crippen molar-refractivity contribution in [1.82, 2.24) is 35.0 Å². The van der Waals surface area contributed by atoms with Gasteiger partial charge < -0.3 is 14.4 Å². The summed E-state index contributed by atoms with van der Waals surface area (Å²) in [7, 11) is 1.76. The number of nitrogens with zero attached hydrogens (tertiary/aromatic N) is 7. The minimum Gasteiger partial charge on any atom is -0.489 e. The van der Waals surface area contributed by atoms with Gasteiger partial charge in [-0.3, -0.25) is 9.69 Å². The Morgan fingerprint density at radius 3 is 2.71 bits per heavy atom. The number of benzene rings is 1. The van der Waals surface area contributed by atoms with Crippen molar-refractivity contribution >= 4 is 11.7 Å². The number of carbonyl (C=O) groups excluding carboxylic acids is 1. The molecule has 2 aliphatic rings. The van der Waals surface area contributed by atoms with E-state index in [-0.39, 0.29) is 12.0 Å². The highest BCUT2D eigenvalue weighted by molar-refractivity contribution is 5.78. The molecule has 10 nitrogen and oxygen atoms in total. The van der Waals surface area contributed by atoms with Crippen molar-refractivity contribution in [2.24, 2.45) is 0 Å². The maximum Gasteiger partial charge on any atom is 0.227 e. The van der Waals surface area contributed by atoms with Gasteiger partial charge in [-0.05, 0) is 40.1 Å². The summed E-state index contributed by atoms with van der Waals surface area (Å²) < 4.78 is 13.0. The zero-order valence-electron chi connectivity index (χ0n) is 20.1. The Morgan fingerprint density at radius 1 is 1.20 bits per heavy atom. The Hall–Kier alpha value is -3.63. The molecule has 0 radical (unpaired) electrons. The highest BCUT2D eigenvalue weighted by Gasteiger charge is 2.27. The highest BCUT2D eigenvalue weighted by atomic mass is 16.5. The van der Waals surface area contributed by atoms with Crippen LogP contribution in [0.25, 0.3) is 11.6 Å². The first-order valence-corrected chi connectivity index (χ1v) is 11.7. The molecule has 1 unspecified atom stereocenters. The Labute approximate surface area is 204 Å². The Bertz CT molecular complexity index is 1200. The van der Waals surface area contributed by atoms with E-state index in [0.29, 0.717) is 31.9 Å². The third-order valence-electron chi connectivity index (χ3n) is 6.86. The van der Waals surface area contributed by atoms with Gasteiger partial charge in [0.15, 0.2) is 5.82 Å². The van der Waals surface area contributed by atoms with Gasteiger partial charge in [-0.15, -0.1) is 5.10 Å². The zero-order chi connectivity index (χ0) is 24.4. The minimum atomic E-state index is -0.0406. The van der Waals surface area contributed by atoms with E-state index >= 15 is 0 Å². The third kappa shape index (κ3) is 4.80. The fraction of sp³-hybridized carbons (Fsp3) is 0.400. The number of piperazine rings is 1. The van der Waals surface area contributed by atoms with Crippen LogP contribution in [0.1, 0.15) is 33.9 Å². The van der Waals surface area contributed by atoms with Gasteiger partial charge in [-0.1, -0.05) is 24.8 Å². The number of pyridine rings is 1. The summed E-state index contributed by atoms with van der Waals surface area (Å²) in [5.41, 5.74) is 5.55. The molecule has 0 aliphatic carbocycles. The van der Waals surface area contributed by atoms with Crippen LogP contribution in [0.15, 0.2) is 43.4 Å². The van der Waals surface area contributed by atoms with Crippen LogP contribution in [-0.4, -0.2) is 80.7 Å². The topological polar surface area (TPSA) is 98.5 Å². The van der Waals surface area contributed by atoms with E-state index in [0.717, 1.165) is 36.5 Å². The lowest BCUT2D eigenvalue weighted by atomic mass is 9.94. The van der Waals surface area contributed by atoms with E-state index in [4.69, 9.17) is 9.47 Å². The van der Waals surface area contributed by atoms with Crippen molar-refractivity contribution in [1.29, 1.82) is 0 Å². The summed E-state index contributed by atoms with van der Waals surface area (Å²) in [6, 6.07) is 7.91.